The van der Waals surface area contributed by atoms with E-state index in [4.69, 9.17) is 0 Å². The summed E-state index contributed by atoms with van der Waals surface area (Å²) in [7, 11) is 0. The molecule has 4 rings (SSSR count). The molecule has 0 spiro atoms. The Morgan fingerprint density at radius 3 is 2.22 bits per heavy atom. The van der Waals surface area contributed by atoms with E-state index in [1.807, 2.05) is 24.3 Å². The van der Waals surface area contributed by atoms with Gasteiger partial charge in [0.25, 0.3) is 11.8 Å². The van der Waals surface area contributed by atoms with Crippen LogP contribution in [0.25, 0.3) is 10.8 Å². The first-order chi connectivity index (χ1) is 13.1. The normalized spacial score (nSPS) is 17.3. The molecule has 2 N–H and O–H groups in total. The second-order valence-electron chi connectivity index (χ2n) is 7.21. The first kappa shape index (κ1) is 17.5. The summed E-state index contributed by atoms with van der Waals surface area (Å²) < 4.78 is 0. The molecule has 0 bridgehead atoms. The fourth-order valence-corrected chi connectivity index (χ4v) is 4.05. The fourth-order valence-electron chi connectivity index (χ4n) is 4.05. The molecule has 2 aromatic rings. The van der Waals surface area contributed by atoms with Gasteiger partial charge in [0, 0.05) is 35.6 Å². The molecule has 2 aliphatic rings. The summed E-state index contributed by atoms with van der Waals surface area (Å²) in [5.41, 5.74) is 1.07. The van der Waals surface area contributed by atoms with Crippen LogP contribution in [0.4, 0.5) is 4.79 Å². The van der Waals surface area contributed by atoms with Crippen molar-refractivity contribution >= 4 is 28.6 Å². The fraction of sp³-hybridized carbons (Fsp3) is 0.381. The lowest BCUT2D eigenvalue weighted by atomic mass is 9.94. The Bertz CT molecular complexity index is 852. The van der Waals surface area contributed by atoms with E-state index in [1.165, 1.54) is 11.3 Å². The number of nitrogens with zero attached hydrogens (tertiary/aromatic N) is 1. The van der Waals surface area contributed by atoms with Gasteiger partial charge in [0.05, 0.1) is 0 Å². The van der Waals surface area contributed by atoms with Gasteiger partial charge in [-0.15, -0.1) is 0 Å². The van der Waals surface area contributed by atoms with Gasteiger partial charge in [-0.2, -0.15) is 0 Å². The van der Waals surface area contributed by atoms with Crippen LogP contribution < -0.4 is 10.6 Å². The van der Waals surface area contributed by atoms with Crippen molar-refractivity contribution in [3.05, 3.63) is 47.5 Å². The summed E-state index contributed by atoms with van der Waals surface area (Å²) in [5.74, 6) is -0.613. The van der Waals surface area contributed by atoms with Gasteiger partial charge in [0.15, 0.2) is 0 Å². The zero-order valence-electron chi connectivity index (χ0n) is 15.2. The Labute approximate surface area is 157 Å². The predicted octanol–water partition coefficient (Wildman–Crippen LogP) is 3.07. The van der Waals surface area contributed by atoms with E-state index in [2.05, 4.69) is 10.6 Å². The first-order valence-electron chi connectivity index (χ1n) is 9.57. The molecule has 1 aliphatic carbocycles. The van der Waals surface area contributed by atoms with Crippen LogP contribution in [0.2, 0.25) is 0 Å². The molecule has 0 unspecified atom stereocenters. The van der Waals surface area contributed by atoms with E-state index in [0.29, 0.717) is 16.5 Å². The number of urea groups is 1. The largest absolute Gasteiger partial charge is 0.336 e. The molecule has 0 saturated heterocycles. The van der Waals surface area contributed by atoms with Crippen LogP contribution in [0, 0.1) is 0 Å². The minimum atomic E-state index is -0.307. The van der Waals surface area contributed by atoms with E-state index in [9.17, 15) is 14.4 Å². The third-order valence-electron chi connectivity index (χ3n) is 5.42. The molecule has 6 heteroatoms. The van der Waals surface area contributed by atoms with Crippen molar-refractivity contribution in [2.45, 2.75) is 38.1 Å². The number of amides is 4. The average Bonchev–Trinajstić information content (AvgIpc) is 2.69. The van der Waals surface area contributed by atoms with Gasteiger partial charge < -0.3 is 10.6 Å². The lowest BCUT2D eigenvalue weighted by Crippen LogP contribution is -2.48. The van der Waals surface area contributed by atoms with Crippen LogP contribution >= 0.6 is 0 Å². The summed E-state index contributed by atoms with van der Waals surface area (Å²) >= 11 is 0. The summed E-state index contributed by atoms with van der Waals surface area (Å²) in [6.07, 6.45) is 5.54. The highest BCUT2D eigenvalue weighted by Crippen LogP contribution is 2.29. The lowest BCUT2D eigenvalue weighted by molar-refractivity contribution is 0.0612. The maximum atomic E-state index is 12.8. The average molecular weight is 365 g/mol. The quantitative estimate of drug-likeness (QED) is 0.818. The van der Waals surface area contributed by atoms with E-state index < -0.39 is 0 Å². The number of carbonyl (C=O) groups is 3. The smallest absolute Gasteiger partial charge is 0.315 e. The summed E-state index contributed by atoms with van der Waals surface area (Å²) in [5, 5.41) is 7.35. The number of nitrogens with one attached hydrogen (secondary N) is 2. The van der Waals surface area contributed by atoms with Crippen molar-refractivity contribution in [3.8, 4) is 0 Å². The Balaban J connectivity index is 1.41. The van der Waals surface area contributed by atoms with Crippen molar-refractivity contribution in [1.82, 2.24) is 15.5 Å². The Morgan fingerprint density at radius 2 is 1.59 bits per heavy atom. The van der Waals surface area contributed by atoms with Gasteiger partial charge in [0.1, 0.15) is 0 Å². The standard InChI is InChI=1S/C21H23N3O3/c25-19-16-10-4-6-14-7-5-11-17(18(14)16)20(26)24(19)13-12-22-21(27)23-15-8-2-1-3-9-15/h4-7,10-11,15H,1-3,8-9,12-13H2,(H2,22,23,27). The van der Waals surface area contributed by atoms with Crippen molar-refractivity contribution in [2.24, 2.45) is 0 Å². The van der Waals surface area contributed by atoms with Crippen LogP contribution in [0.3, 0.4) is 0 Å². The second kappa shape index (κ2) is 7.39. The highest BCUT2D eigenvalue weighted by Gasteiger charge is 2.32. The third-order valence-corrected chi connectivity index (χ3v) is 5.42. The molecule has 2 aromatic carbocycles. The molecule has 1 fully saturated rings. The molecule has 140 valence electrons. The maximum Gasteiger partial charge on any atom is 0.315 e. The van der Waals surface area contributed by atoms with Gasteiger partial charge in [-0.05, 0) is 30.4 Å². The minimum absolute atomic E-state index is 0.153. The summed E-state index contributed by atoms with van der Waals surface area (Å²) in [6, 6.07) is 10.9. The van der Waals surface area contributed by atoms with Crippen LogP contribution in [0.1, 0.15) is 52.8 Å². The number of hydrogen-bond acceptors (Lipinski definition) is 3. The Hall–Kier alpha value is -2.89. The highest BCUT2D eigenvalue weighted by molar-refractivity contribution is 6.25. The molecule has 1 aliphatic heterocycles. The summed E-state index contributed by atoms with van der Waals surface area (Å²) in [4.78, 5) is 38.8. The van der Waals surface area contributed by atoms with E-state index in [-0.39, 0.29) is 37.0 Å². The van der Waals surface area contributed by atoms with Crippen molar-refractivity contribution in [2.75, 3.05) is 13.1 Å². The van der Waals surface area contributed by atoms with Gasteiger partial charge in [0.2, 0.25) is 0 Å². The zero-order valence-corrected chi connectivity index (χ0v) is 15.2. The van der Waals surface area contributed by atoms with Gasteiger partial charge in [-0.3, -0.25) is 14.5 Å². The SMILES string of the molecule is O=C(NCCN1C(=O)c2cccc3cccc(c23)C1=O)NC1CCCCC1. The molecular formula is C21H23N3O3. The molecular weight excluding hydrogens is 342 g/mol. The van der Waals surface area contributed by atoms with Crippen LogP contribution in [-0.4, -0.2) is 41.9 Å². The molecule has 1 heterocycles. The monoisotopic (exact) mass is 365 g/mol. The van der Waals surface area contributed by atoms with Crippen molar-refractivity contribution in [3.63, 3.8) is 0 Å². The number of benzene rings is 2. The van der Waals surface area contributed by atoms with Crippen LogP contribution in [-0.2, 0) is 0 Å². The van der Waals surface area contributed by atoms with E-state index >= 15 is 0 Å². The van der Waals surface area contributed by atoms with Crippen LogP contribution in [0.15, 0.2) is 36.4 Å². The zero-order chi connectivity index (χ0) is 18.8. The van der Waals surface area contributed by atoms with Gasteiger partial charge in [-0.1, -0.05) is 43.5 Å². The van der Waals surface area contributed by atoms with E-state index in [1.54, 1.807) is 12.1 Å². The topological polar surface area (TPSA) is 78.5 Å². The summed E-state index contributed by atoms with van der Waals surface area (Å²) in [6.45, 7) is 0.384. The molecule has 27 heavy (non-hydrogen) atoms. The molecule has 0 radical (unpaired) electrons. The van der Waals surface area contributed by atoms with Crippen LogP contribution in [0.5, 0.6) is 0 Å². The second-order valence-corrected chi connectivity index (χ2v) is 7.21. The number of imide groups is 1. The highest BCUT2D eigenvalue weighted by atomic mass is 16.2. The van der Waals surface area contributed by atoms with Crippen molar-refractivity contribution in [1.29, 1.82) is 0 Å². The number of carbonyl (C=O) groups excluding carboxylic acids is 3. The Kier molecular flexibility index (Phi) is 4.79. The molecule has 0 atom stereocenters. The van der Waals surface area contributed by atoms with Gasteiger partial charge in [-0.25, -0.2) is 4.79 Å². The minimum Gasteiger partial charge on any atom is -0.336 e. The molecule has 6 nitrogen and oxygen atoms in total. The number of hydrogen-bond donors (Lipinski definition) is 2. The molecule has 0 aromatic heterocycles. The number of rotatable bonds is 4. The molecule has 4 amide bonds. The van der Waals surface area contributed by atoms with Gasteiger partial charge >= 0.3 is 6.03 Å². The third kappa shape index (κ3) is 3.39. The lowest BCUT2D eigenvalue weighted by Gasteiger charge is -2.27. The van der Waals surface area contributed by atoms with E-state index in [0.717, 1.165) is 31.1 Å². The first-order valence-corrected chi connectivity index (χ1v) is 9.57. The van der Waals surface area contributed by atoms with Crippen molar-refractivity contribution < 1.29 is 14.4 Å². The predicted molar refractivity (Wildman–Crippen MR) is 103 cm³/mol. The molecule has 1 saturated carbocycles. The maximum absolute atomic E-state index is 12.8. The Morgan fingerprint density at radius 1 is 0.963 bits per heavy atom.